The Labute approximate surface area is 171 Å². The van der Waals surface area contributed by atoms with Crippen molar-refractivity contribution in [1.82, 2.24) is 15.2 Å². The second-order valence-corrected chi connectivity index (χ2v) is 6.69. The summed E-state index contributed by atoms with van der Waals surface area (Å²) in [6, 6.07) is 16.6. The van der Waals surface area contributed by atoms with Gasteiger partial charge in [0.05, 0.1) is 41.1 Å². The molecule has 0 spiro atoms. The first kappa shape index (κ1) is 19.8. The van der Waals surface area contributed by atoms with Crippen LogP contribution in [0.3, 0.4) is 0 Å². The van der Waals surface area contributed by atoms with Gasteiger partial charge in [0.25, 0.3) is 0 Å². The lowest BCUT2D eigenvalue weighted by Crippen LogP contribution is -2.36. The monoisotopic (exact) mass is 412 g/mol. The second-order valence-electron chi connectivity index (χ2n) is 6.69. The van der Waals surface area contributed by atoms with E-state index in [1.54, 1.807) is 35.3 Å². The average Bonchev–Trinajstić information content (AvgIpc) is 3.24. The number of hydrogen-bond donors (Lipinski definition) is 1. The Balaban J connectivity index is 1.72. The number of hydrogen-bond acceptors (Lipinski definition) is 4. The average molecular weight is 412 g/mol. The summed E-state index contributed by atoms with van der Waals surface area (Å²) >= 11 is 0. The maximum absolute atomic E-state index is 13.2. The summed E-state index contributed by atoms with van der Waals surface area (Å²) in [6.45, 7) is 0.306. The van der Waals surface area contributed by atoms with Gasteiger partial charge in [0, 0.05) is 13.3 Å². The van der Waals surface area contributed by atoms with E-state index in [0.29, 0.717) is 18.0 Å². The Bertz CT molecular complexity index is 1090. The third-order valence-corrected chi connectivity index (χ3v) is 4.55. The first-order valence-electron chi connectivity index (χ1n) is 9.20. The molecule has 0 radical (unpaired) electrons. The van der Waals surface area contributed by atoms with Crippen molar-refractivity contribution in [3.63, 3.8) is 0 Å². The van der Waals surface area contributed by atoms with Crippen molar-refractivity contribution in [3.05, 3.63) is 96.0 Å². The zero-order valence-electron chi connectivity index (χ0n) is 16.1. The fourth-order valence-corrected chi connectivity index (χ4v) is 3.21. The number of nitrogens with zero attached hydrogens (tertiary/aromatic N) is 3. The Kier molecular flexibility index (Phi) is 5.33. The van der Waals surface area contributed by atoms with Crippen LogP contribution in [0.5, 0.6) is 0 Å². The van der Waals surface area contributed by atoms with Crippen molar-refractivity contribution in [2.75, 3.05) is 18.7 Å². The number of hydrazine groups is 1. The number of anilines is 1. The van der Waals surface area contributed by atoms with Crippen LogP contribution in [0, 0.1) is 0 Å². The molecule has 3 aromatic rings. The summed E-state index contributed by atoms with van der Waals surface area (Å²) in [7, 11) is 1.57. The van der Waals surface area contributed by atoms with Crippen LogP contribution in [-0.4, -0.2) is 23.5 Å². The minimum atomic E-state index is -4.42. The van der Waals surface area contributed by atoms with Crippen molar-refractivity contribution in [1.29, 1.82) is 0 Å². The molecule has 0 saturated heterocycles. The number of rotatable bonds is 5. The molecule has 4 rings (SSSR count). The van der Waals surface area contributed by atoms with Gasteiger partial charge in [-0.05, 0) is 48.0 Å². The Morgan fingerprint density at radius 1 is 1.00 bits per heavy atom. The molecule has 0 unspecified atom stereocenters. The molecule has 0 saturated carbocycles. The van der Waals surface area contributed by atoms with Gasteiger partial charge in [-0.2, -0.15) is 18.3 Å². The second kappa shape index (κ2) is 8.08. The lowest BCUT2D eigenvalue weighted by Gasteiger charge is -2.29. The quantitative estimate of drug-likeness (QED) is 0.655. The van der Waals surface area contributed by atoms with Crippen LogP contribution in [0.1, 0.15) is 11.3 Å². The minimum absolute atomic E-state index is 0.306. The van der Waals surface area contributed by atoms with Gasteiger partial charge in [-0.25, -0.2) is 4.68 Å². The summed E-state index contributed by atoms with van der Waals surface area (Å²) in [5, 5.41) is 5.95. The molecule has 1 aliphatic heterocycles. The topological polar surface area (TPSA) is 42.3 Å². The standard InChI is InChI=1S/C22H19F3N4O/c1-30-15-16-12-20(21-10-11-26-29(21)18-7-3-2-4-8-18)27-28(14-16)19-9-5-6-17(13-19)22(23,24)25/h2-14,27H,15H2,1H3. The number of benzene rings is 2. The molecule has 30 heavy (non-hydrogen) atoms. The fraction of sp³-hybridized carbons (Fsp3) is 0.136. The highest BCUT2D eigenvalue weighted by Gasteiger charge is 2.31. The number of para-hydroxylation sites is 1. The van der Waals surface area contributed by atoms with Crippen LogP contribution in [-0.2, 0) is 10.9 Å². The first-order valence-corrected chi connectivity index (χ1v) is 9.20. The molecule has 0 atom stereocenters. The van der Waals surface area contributed by atoms with Crippen LogP contribution in [0.25, 0.3) is 11.4 Å². The molecule has 1 N–H and O–H groups in total. The third kappa shape index (κ3) is 4.08. The van der Waals surface area contributed by atoms with Gasteiger partial charge in [0.15, 0.2) is 0 Å². The van der Waals surface area contributed by atoms with E-state index in [4.69, 9.17) is 4.74 Å². The SMILES string of the molecule is COCC1=CN(c2cccc(C(F)(F)F)c2)NC(c2ccnn2-c2ccccc2)=C1. The zero-order valence-corrected chi connectivity index (χ0v) is 16.1. The molecule has 0 aliphatic carbocycles. The van der Waals surface area contributed by atoms with Crippen LogP contribution < -0.4 is 10.4 Å². The first-order chi connectivity index (χ1) is 14.5. The molecule has 1 aliphatic rings. The number of aromatic nitrogens is 2. The van der Waals surface area contributed by atoms with Gasteiger partial charge in [0.1, 0.15) is 0 Å². The highest BCUT2D eigenvalue weighted by atomic mass is 19.4. The van der Waals surface area contributed by atoms with E-state index in [9.17, 15) is 13.2 Å². The Morgan fingerprint density at radius 2 is 1.77 bits per heavy atom. The molecule has 0 amide bonds. The molecule has 2 aromatic carbocycles. The molecular weight excluding hydrogens is 393 g/mol. The highest BCUT2D eigenvalue weighted by molar-refractivity contribution is 5.71. The summed E-state index contributed by atoms with van der Waals surface area (Å²) in [4.78, 5) is 0. The highest BCUT2D eigenvalue weighted by Crippen LogP contribution is 2.32. The van der Waals surface area contributed by atoms with E-state index in [-0.39, 0.29) is 0 Å². The van der Waals surface area contributed by atoms with Crippen molar-refractivity contribution in [2.45, 2.75) is 6.18 Å². The summed E-state index contributed by atoms with van der Waals surface area (Å²) in [5.41, 5.74) is 5.94. The molecule has 5 nitrogen and oxygen atoms in total. The van der Waals surface area contributed by atoms with Crippen molar-refractivity contribution in [3.8, 4) is 5.69 Å². The number of methoxy groups -OCH3 is 1. The van der Waals surface area contributed by atoms with Crippen LogP contribution in [0.2, 0.25) is 0 Å². The lowest BCUT2D eigenvalue weighted by atomic mass is 10.1. The van der Waals surface area contributed by atoms with Gasteiger partial charge in [0.2, 0.25) is 0 Å². The molecule has 0 fully saturated rings. The predicted molar refractivity (Wildman–Crippen MR) is 109 cm³/mol. The smallest absolute Gasteiger partial charge is 0.380 e. The van der Waals surface area contributed by atoms with E-state index < -0.39 is 11.7 Å². The molecule has 0 bridgehead atoms. The van der Waals surface area contributed by atoms with Gasteiger partial charge >= 0.3 is 6.18 Å². The summed E-state index contributed by atoms with van der Waals surface area (Å²) < 4.78 is 46.5. The van der Waals surface area contributed by atoms with E-state index in [1.807, 2.05) is 42.5 Å². The van der Waals surface area contributed by atoms with Crippen LogP contribution >= 0.6 is 0 Å². The van der Waals surface area contributed by atoms with Gasteiger partial charge in [-0.3, -0.25) is 10.4 Å². The van der Waals surface area contributed by atoms with Crippen LogP contribution in [0.4, 0.5) is 18.9 Å². The number of alkyl halides is 3. The van der Waals surface area contributed by atoms with E-state index >= 15 is 0 Å². The molecule has 2 heterocycles. The maximum atomic E-state index is 13.2. The summed E-state index contributed by atoms with van der Waals surface area (Å²) in [6.07, 6.45) is 0.860. The van der Waals surface area contributed by atoms with Gasteiger partial charge in [-0.1, -0.05) is 24.3 Å². The largest absolute Gasteiger partial charge is 0.416 e. The van der Waals surface area contributed by atoms with Gasteiger partial charge < -0.3 is 4.74 Å². The van der Waals surface area contributed by atoms with E-state index in [1.165, 1.54) is 6.07 Å². The van der Waals surface area contributed by atoms with Gasteiger partial charge in [-0.15, -0.1) is 0 Å². The van der Waals surface area contributed by atoms with Crippen LogP contribution in [0.15, 0.2) is 84.7 Å². The third-order valence-electron chi connectivity index (χ3n) is 4.55. The molecular formula is C22H19F3N4O. The van der Waals surface area contributed by atoms with E-state index in [0.717, 1.165) is 29.1 Å². The maximum Gasteiger partial charge on any atom is 0.416 e. The molecule has 1 aromatic heterocycles. The number of ether oxygens (including phenoxy) is 1. The molecule has 154 valence electrons. The number of nitrogens with one attached hydrogen (secondary N) is 1. The number of halogens is 3. The molecule has 8 heteroatoms. The predicted octanol–water partition coefficient (Wildman–Crippen LogP) is 4.79. The normalized spacial score (nSPS) is 14.2. The van der Waals surface area contributed by atoms with E-state index in [2.05, 4.69) is 10.5 Å². The zero-order chi connectivity index (χ0) is 21.1. The Morgan fingerprint density at radius 3 is 2.50 bits per heavy atom. The fourth-order valence-electron chi connectivity index (χ4n) is 3.21. The Hall–Kier alpha value is -3.52. The van der Waals surface area contributed by atoms with Crippen molar-refractivity contribution in [2.24, 2.45) is 0 Å². The lowest BCUT2D eigenvalue weighted by molar-refractivity contribution is -0.137. The van der Waals surface area contributed by atoms with Crippen molar-refractivity contribution >= 4 is 11.4 Å². The minimum Gasteiger partial charge on any atom is -0.380 e. The summed E-state index contributed by atoms with van der Waals surface area (Å²) in [5.74, 6) is 0. The van der Waals surface area contributed by atoms with Crippen molar-refractivity contribution < 1.29 is 17.9 Å².